The summed E-state index contributed by atoms with van der Waals surface area (Å²) in [6, 6.07) is 5.16. The molecule has 0 aromatic heterocycles. The van der Waals surface area contributed by atoms with E-state index in [1.165, 1.54) is 44.6 Å². The predicted octanol–water partition coefficient (Wildman–Crippen LogP) is 3.18. The fourth-order valence-electron chi connectivity index (χ4n) is 2.84. The van der Waals surface area contributed by atoms with E-state index in [-0.39, 0.29) is 11.5 Å². The van der Waals surface area contributed by atoms with Crippen LogP contribution in [0, 0.1) is 12.7 Å². The highest BCUT2D eigenvalue weighted by atomic mass is 19.1. The average molecular weight is 292 g/mol. The summed E-state index contributed by atoms with van der Waals surface area (Å²) in [6.45, 7) is 3.12. The van der Waals surface area contributed by atoms with Gasteiger partial charge in [-0.15, -0.1) is 0 Å². The highest BCUT2D eigenvalue weighted by Crippen LogP contribution is 2.16. The summed E-state index contributed by atoms with van der Waals surface area (Å²) in [5, 5.41) is 6.27. The van der Waals surface area contributed by atoms with Crippen LogP contribution in [0.4, 0.5) is 4.39 Å². The Morgan fingerprint density at radius 1 is 1.19 bits per heavy atom. The maximum Gasteiger partial charge on any atom is 0.254 e. The predicted molar refractivity (Wildman–Crippen MR) is 83.0 cm³/mol. The maximum atomic E-state index is 13.6. The summed E-state index contributed by atoms with van der Waals surface area (Å²) < 4.78 is 13.6. The summed E-state index contributed by atoms with van der Waals surface area (Å²) in [7, 11) is 0. The van der Waals surface area contributed by atoms with Crippen molar-refractivity contribution in [2.24, 2.45) is 0 Å². The Labute approximate surface area is 126 Å². The molecule has 0 atom stereocenters. The van der Waals surface area contributed by atoms with Gasteiger partial charge in [-0.1, -0.05) is 37.3 Å². The molecule has 0 spiro atoms. The molecular formula is C17H25FN2O. The van der Waals surface area contributed by atoms with Crippen molar-refractivity contribution in [3.8, 4) is 0 Å². The highest BCUT2D eigenvalue weighted by molar-refractivity contribution is 5.94. The zero-order valence-electron chi connectivity index (χ0n) is 12.8. The number of benzene rings is 1. The van der Waals surface area contributed by atoms with Gasteiger partial charge in [-0.2, -0.15) is 0 Å². The lowest BCUT2D eigenvalue weighted by molar-refractivity contribution is 0.0949. The molecular weight excluding hydrogens is 267 g/mol. The molecule has 3 nitrogen and oxygen atoms in total. The van der Waals surface area contributed by atoms with Crippen molar-refractivity contribution in [3.05, 3.63) is 35.1 Å². The minimum absolute atomic E-state index is 0.129. The van der Waals surface area contributed by atoms with Crippen LogP contribution in [0.5, 0.6) is 0 Å². The number of carbonyl (C=O) groups is 1. The van der Waals surface area contributed by atoms with Gasteiger partial charge in [-0.05, 0) is 31.9 Å². The molecule has 1 saturated carbocycles. The number of rotatable bonds is 5. The van der Waals surface area contributed by atoms with Crippen LogP contribution in [0.25, 0.3) is 0 Å². The summed E-state index contributed by atoms with van der Waals surface area (Å²) in [4.78, 5) is 11.9. The molecule has 21 heavy (non-hydrogen) atoms. The zero-order chi connectivity index (χ0) is 15.1. The molecule has 116 valence electrons. The fourth-order valence-corrected chi connectivity index (χ4v) is 2.84. The van der Waals surface area contributed by atoms with Crippen LogP contribution in [-0.4, -0.2) is 25.0 Å². The van der Waals surface area contributed by atoms with Crippen molar-refractivity contribution in [1.29, 1.82) is 0 Å². The van der Waals surface area contributed by atoms with E-state index in [1.54, 1.807) is 12.1 Å². The van der Waals surface area contributed by atoms with Crippen LogP contribution in [0.1, 0.15) is 54.4 Å². The van der Waals surface area contributed by atoms with Crippen molar-refractivity contribution in [3.63, 3.8) is 0 Å². The first-order valence-electron chi connectivity index (χ1n) is 7.94. The van der Waals surface area contributed by atoms with Gasteiger partial charge in [-0.3, -0.25) is 4.79 Å². The number of hydrogen-bond acceptors (Lipinski definition) is 2. The SMILES string of the molecule is Cc1ccc(F)c(C(=O)NCCNC2CCCCCC2)c1. The molecule has 2 rings (SSSR count). The number of halogens is 1. The Morgan fingerprint density at radius 3 is 2.62 bits per heavy atom. The van der Waals surface area contributed by atoms with Gasteiger partial charge < -0.3 is 10.6 Å². The number of nitrogens with one attached hydrogen (secondary N) is 2. The molecule has 1 aliphatic rings. The third kappa shape index (κ3) is 5.12. The van der Waals surface area contributed by atoms with E-state index in [0.29, 0.717) is 12.6 Å². The van der Waals surface area contributed by atoms with Gasteiger partial charge >= 0.3 is 0 Å². The second-order valence-corrected chi connectivity index (χ2v) is 5.88. The topological polar surface area (TPSA) is 41.1 Å². The molecule has 0 bridgehead atoms. The van der Waals surface area contributed by atoms with Crippen LogP contribution in [-0.2, 0) is 0 Å². The molecule has 0 aliphatic heterocycles. The smallest absolute Gasteiger partial charge is 0.254 e. The number of carbonyl (C=O) groups excluding carboxylic acids is 1. The Balaban J connectivity index is 1.72. The maximum absolute atomic E-state index is 13.6. The van der Waals surface area contributed by atoms with Crippen molar-refractivity contribution in [2.45, 2.75) is 51.5 Å². The molecule has 1 amide bonds. The Hall–Kier alpha value is -1.42. The second-order valence-electron chi connectivity index (χ2n) is 5.88. The van der Waals surface area contributed by atoms with Gasteiger partial charge in [0, 0.05) is 19.1 Å². The average Bonchev–Trinajstić information content (AvgIpc) is 2.74. The molecule has 1 aliphatic carbocycles. The molecule has 0 unspecified atom stereocenters. The quantitative estimate of drug-likeness (QED) is 0.646. The van der Waals surface area contributed by atoms with Crippen molar-refractivity contribution in [2.75, 3.05) is 13.1 Å². The van der Waals surface area contributed by atoms with Crippen molar-refractivity contribution in [1.82, 2.24) is 10.6 Å². The van der Waals surface area contributed by atoms with E-state index in [0.717, 1.165) is 12.1 Å². The monoisotopic (exact) mass is 292 g/mol. The summed E-state index contributed by atoms with van der Waals surface area (Å²) in [5.74, 6) is -0.798. The Morgan fingerprint density at radius 2 is 1.90 bits per heavy atom. The van der Waals surface area contributed by atoms with E-state index >= 15 is 0 Å². The standard InChI is InChI=1S/C17H25FN2O/c1-13-8-9-16(18)15(12-13)17(21)20-11-10-19-14-6-4-2-3-5-7-14/h8-9,12,14,19H,2-7,10-11H2,1H3,(H,20,21). The highest BCUT2D eigenvalue weighted by Gasteiger charge is 2.13. The summed E-state index contributed by atoms with van der Waals surface area (Å²) >= 11 is 0. The number of aryl methyl sites for hydroxylation is 1. The lowest BCUT2D eigenvalue weighted by Gasteiger charge is -2.16. The van der Waals surface area contributed by atoms with Crippen molar-refractivity contribution >= 4 is 5.91 Å². The largest absolute Gasteiger partial charge is 0.351 e. The van der Waals surface area contributed by atoms with E-state index in [1.807, 2.05) is 6.92 Å². The van der Waals surface area contributed by atoms with Crippen LogP contribution in [0.2, 0.25) is 0 Å². The molecule has 0 radical (unpaired) electrons. The van der Waals surface area contributed by atoms with Crippen LogP contribution < -0.4 is 10.6 Å². The lowest BCUT2D eigenvalue weighted by Crippen LogP contribution is -2.37. The Bertz CT molecular complexity index is 468. The second kappa shape index (κ2) is 8.13. The first-order chi connectivity index (χ1) is 10.2. The minimum atomic E-state index is -0.463. The molecule has 0 saturated heterocycles. The van der Waals surface area contributed by atoms with E-state index in [2.05, 4.69) is 10.6 Å². The molecule has 1 fully saturated rings. The summed E-state index contributed by atoms with van der Waals surface area (Å²) in [6.07, 6.45) is 7.70. The van der Waals surface area contributed by atoms with E-state index < -0.39 is 5.82 Å². The first kappa shape index (κ1) is 16.0. The Kier molecular flexibility index (Phi) is 6.18. The molecule has 1 aromatic rings. The van der Waals surface area contributed by atoms with E-state index in [9.17, 15) is 9.18 Å². The molecule has 2 N–H and O–H groups in total. The van der Waals surface area contributed by atoms with Crippen LogP contribution in [0.15, 0.2) is 18.2 Å². The van der Waals surface area contributed by atoms with Gasteiger partial charge in [0.1, 0.15) is 5.82 Å². The van der Waals surface area contributed by atoms with Crippen LogP contribution >= 0.6 is 0 Å². The summed E-state index contributed by atoms with van der Waals surface area (Å²) in [5.41, 5.74) is 1.02. The third-order valence-electron chi connectivity index (χ3n) is 4.07. The third-order valence-corrected chi connectivity index (χ3v) is 4.07. The fraction of sp³-hybridized carbons (Fsp3) is 0.588. The van der Waals surface area contributed by atoms with E-state index in [4.69, 9.17) is 0 Å². The first-order valence-corrected chi connectivity index (χ1v) is 7.94. The zero-order valence-corrected chi connectivity index (χ0v) is 12.8. The molecule has 0 heterocycles. The van der Waals surface area contributed by atoms with Gasteiger partial charge in [0.15, 0.2) is 0 Å². The number of hydrogen-bond donors (Lipinski definition) is 2. The molecule has 1 aromatic carbocycles. The lowest BCUT2D eigenvalue weighted by atomic mass is 10.1. The van der Waals surface area contributed by atoms with Crippen molar-refractivity contribution < 1.29 is 9.18 Å². The minimum Gasteiger partial charge on any atom is -0.351 e. The van der Waals surface area contributed by atoms with Gasteiger partial charge in [-0.25, -0.2) is 4.39 Å². The van der Waals surface area contributed by atoms with Crippen LogP contribution in [0.3, 0.4) is 0 Å². The van der Waals surface area contributed by atoms with Gasteiger partial charge in [0.05, 0.1) is 5.56 Å². The normalized spacial score (nSPS) is 16.5. The number of amides is 1. The molecule has 4 heteroatoms. The van der Waals surface area contributed by atoms with Gasteiger partial charge in [0.25, 0.3) is 5.91 Å². The van der Waals surface area contributed by atoms with Gasteiger partial charge in [0.2, 0.25) is 0 Å².